The number of hydrogen-bond donors (Lipinski definition) is 0. The minimum absolute atomic E-state index is 0.0284. The number of ether oxygens (including phenoxy) is 2. The van der Waals surface area contributed by atoms with E-state index in [2.05, 4.69) is 50.3 Å². The van der Waals surface area contributed by atoms with Crippen LogP contribution in [-0.4, -0.2) is 70.0 Å². The van der Waals surface area contributed by atoms with Crippen molar-refractivity contribution in [3.05, 3.63) is 36.5 Å². The second-order valence-corrected chi connectivity index (χ2v) is 30.2. The Morgan fingerprint density at radius 2 is 0.593 bits per heavy atom. The Hall–Kier alpha value is -1.77. The highest BCUT2D eigenvalue weighted by atomic mass is 31.2. The van der Waals surface area contributed by atoms with E-state index in [0.717, 1.165) is 51.4 Å². The summed E-state index contributed by atoms with van der Waals surface area (Å²) in [6, 6.07) is 0. The summed E-state index contributed by atoms with van der Waals surface area (Å²) in [5.74, 6) is -0.811. The number of carbonyl (C=O) groups excluding carboxylic acids is 2. The largest absolute Gasteiger partial charge is 0.756 e. The molecule has 0 spiro atoms. The minimum Gasteiger partial charge on any atom is -0.756 e. The Bertz CT molecular complexity index is 1630. The first-order valence-electron chi connectivity index (χ1n) is 40.2. The molecule has 91 heavy (non-hydrogen) atoms. The van der Waals surface area contributed by atoms with Crippen LogP contribution in [0.15, 0.2) is 36.5 Å². The van der Waals surface area contributed by atoms with Crippen molar-refractivity contribution >= 4 is 19.8 Å². The van der Waals surface area contributed by atoms with Crippen LogP contribution in [0.25, 0.3) is 0 Å². The molecule has 2 unspecified atom stereocenters. The molecule has 0 aliphatic rings. The molecule has 0 aromatic carbocycles. The van der Waals surface area contributed by atoms with Crippen LogP contribution in [0.5, 0.6) is 0 Å². The summed E-state index contributed by atoms with van der Waals surface area (Å²) in [6.07, 6.45) is 94.2. The van der Waals surface area contributed by atoms with E-state index < -0.39 is 26.5 Å². The van der Waals surface area contributed by atoms with Crippen molar-refractivity contribution < 1.29 is 42.1 Å². The topological polar surface area (TPSA) is 111 Å². The molecule has 0 fully saturated rings. The predicted molar refractivity (Wildman–Crippen MR) is 393 cm³/mol. The third-order valence-corrected chi connectivity index (χ3v) is 19.4. The van der Waals surface area contributed by atoms with E-state index in [9.17, 15) is 19.0 Å². The molecule has 0 saturated carbocycles. The normalized spacial score (nSPS) is 13.2. The van der Waals surface area contributed by atoms with Crippen LogP contribution < -0.4 is 4.89 Å². The van der Waals surface area contributed by atoms with Gasteiger partial charge in [-0.3, -0.25) is 14.2 Å². The molecule has 0 rings (SSSR count). The number of hydrogen-bond acceptors (Lipinski definition) is 8. The number of phosphoric acid groups is 1. The highest BCUT2D eigenvalue weighted by Gasteiger charge is 2.22. The van der Waals surface area contributed by atoms with Crippen LogP contribution in [0.3, 0.4) is 0 Å². The summed E-state index contributed by atoms with van der Waals surface area (Å²) in [6.45, 7) is 4.31. The summed E-state index contributed by atoms with van der Waals surface area (Å²) >= 11 is 0. The quantitative estimate of drug-likeness (QED) is 0.0195. The molecule has 0 aliphatic heterocycles. The van der Waals surface area contributed by atoms with E-state index in [0.29, 0.717) is 17.4 Å². The molecule has 0 heterocycles. The van der Waals surface area contributed by atoms with E-state index in [1.165, 1.54) is 334 Å². The van der Waals surface area contributed by atoms with Crippen LogP contribution >= 0.6 is 7.82 Å². The van der Waals surface area contributed by atoms with Gasteiger partial charge < -0.3 is 27.9 Å². The Morgan fingerprint density at radius 1 is 0.341 bits per heavy atom. The second-order valence-electron chi connectivity index (χ2n) is 28.8. The first-order chi connectivity index (χ1) is 44.5. The monoisotopic (exact) mass is 1300 g/mol. The zero-order valence-electron chi connectivity index (χ0n) is 61.6. The molecule has 0 N–H and O–H groups in total. The van der Waals surface area contributed by atoms with Gasteiger partial charge in [0.15, 0.2) is 6.10 Å². The number of phosphoric ester groups is 1. The third-order valence-electron chi connectivity index (χ3n) is 18.4. The van der Waals surface area contributed by atoms with Gasteiger partial charge in [-0.25, -0.2) is 0 Å². The van der Waals surface area contributed by atoms with Crippen molar-refractivity contribution in [2.75, 3.05) is 47.5 Å². The number of nitrogens with zero attached hydrogens (tertiary/aromatic N) is 1. The van der Waals surface area contributed by atoms with Gasteiger partial charge >= 0.3 is 11.9 Å². The maximum Gasteiger partial charge on any atom is 0.306 e. The van der Waals surface area contributed by atoms with Gasteiger partial charge in [0.2, 0.25) is 0 Å². The van der Waals surface area contributed by atoms with Gasteiger partial charge in [-0.1, -0.05) is 391 Å². The number of carbonyl (C=O) groups is 2. The second kappa shape index (κ2) is 72.5. The van der Waals surface area contributed by atoms with Gasteiger partial charge in [-0.05, 0) is 51.4 Å². The summed E-state index contributed by atoms with van der Waals surface area (Å²) in [4.78, 5) is 38.2. The average Bonchev–Trinajstić information content (AvgIpc) is 3.74. The standard InChI is InChI=1S/C81H156NO8P/c1-6-8-10-12-14-16-18-20-22-24-26-28-30-32-34-36-37-38-39-40-41-42-43-44-46-47-49-51-53-55-57-59-61-63-65-67-69-71-73-80(83)87-77-79(78-89-91(85,86)88-76-75-82(3,4)5)90-81(84)74-72-70-68-66-64-62-60-58-56-54-52-50-48-45-35-33-31-29-27-25-23-21-19-17-15-13-11-9-7-2/h19,21,25,27,31,33,79H,6-18,20,22-24,26,28-30,32,34-78H2,1-5H3/b21-19-,27-25-,33-31-. The highest BCUT2D eigenvalue weighted by Crippen LogP contribution is 2.38. The molecule has 0 amide bonds. The molecule has 0 aromatic rings. The number of allylic oxidation sites excluding steroid dienone is 6. The van der Waals surface area contributed by atoms with E-state index in [1.54, 1.807) is 0 Å². The molecular formula is C81H156NO8P. The molecule has 2 atom stereocenters. The van der Waals surface area contributed by atoms with Gasteiger partial charge in [0.1, 0.15) is 19.8 Å². The minimum atomic E-state index is -4.64. The molecule has 538 valence electrons. The molecular weight excluding hydrogens is 1150 g/mol. The first kappa shape index (κ1) is 89.2. The molecule has 0 saturated heterocycles. The Kier molecular flexibility index (Phi) is 71.1. The zero-order chi connectivity index (χ0) is 66.2. The summed E-state index contributed by atoms with van der Waals surface area (Å²) in [5, 5.41) is 0. The maximum absolute atomic E-state index is 12.9. The Morgan fingerprint density at radius 3 is 0.879 bits per heavy atom. The molecule has 0 bridgehead atoms. The molecule has 0 aromatic heterocycles. The van der Waals surface area contributed by atoms with Crippen molar-refractivity contribution in [1.82, 2.24) is 0 Å². The number of quaternary nitrogens is 1. The van der Waals surface area contributed by atoms with E-state index >= 15 is 0 Å². The van der Waals surface area contributed by atoms with E-state index in [4.69, 9.17) is 18.5 Å². The number of esters is 2. The smallest absolute Gasteiger partial charge is 0.306 e. The van der Waals surface area contributed by atoms with Crippen molar-refractivity contribution in [2.45, 2.75) is 424 Å². The van der Waals surface area contributed by atoms with Crippen molar-refractivity contribution in [3.63, 3.8) is 0 Å². The van der Waals surface area contributed by atoms with Gasteiger partial charge in [0.25, 0.3) is 7.82 Å². The van der Waals surface area contributed by atoms with Crippen LogP contribution in [0.2, 0.25) is 0 Å². The average molecular weight is 1300 g/mol. The number of rotatable bonds is 76. The summed E-state index contributed by atoms with van der Waals surface area (Å²) in [5.41, 5.74) is 0. The molecule has 9 nitrogen and oxygen atoms in total. The number of unbranched alkanes of at least 4 members (excludes halogenated alkanes) is 56. The van der Waals surface area contributed by atoms with Gasteiger partial charge in [-0.15, -0.1) is 0 Å². The highest BCUT2D eigenvalue weighted by molar-refractivity contribution is 7.45. The lowest BCUT2D eigenvalue weighted by Crippen LogP contribution is -2.37. The van der Waals surface area contributed by atoms with Gasteiger partial charge in [0, 0.05) is 12.8 Å². The summed E-state index contributed by atoms with van der Waals surface area (Å²) in [7, 11) is 1.19. The van der Waals surface area contributed by atoms with Gasteiger partial charge in [-0.2, -0.15) is 0 Å². The van der Waals surface area contributed by atoms with Crippen LogP contribution in [-0.2, 0) is 32.7 Å². The van der Waals surface area contributed by atoms with Crippen molar-refractivity contribution in [3.8, 4) is 0 Å². The van der Waals surface area contributed by atoms with Crippen LogP contribution in [0.1, 0.15) is 418 Å². The first-order valence-corrected chi connectivity index (χ1v) is 41.7. The maximum atomic E-state index is 12.9. The fourth-order valence-corrected chi connectivity index (χ4v) is 13.0. The third kappa shape index (κ3) is 77.1. The fourth-order valence-electron chi connectivity index (χ4n) is 12.3. The lowest BCUT2D eigenvalue weighted by atomic mass is 10.0. The fraction of sp³-hybridized carbons (Fsp3) is 0.901. The number of likely N-dealkylation sites (N-methyl/N-ethyl adjacent to an activating group) is 1. The van der Waals surface area contributed by atoms with E-state index in [-0.39, 0.29) is 32.0 Å². The van der Waals surface area contributed by atoms with Gasteiger partial charge in [0.05, 0.1) is 27.7 Å². The molecule has 0 aliphatic carbocycles. The van der Waals surface area contributed by atoms with E-state index in [1.807, 2.05) is 21.1 Å². The van der Waals surface area contributed by atoms with Crippen molar-refractivity contribution in [1.29, 1.82) is 0 Å². The molecule has 10 heteroatoms. The lowest BCUT2D eigenvalue weighted by Gasteiger charge is -2.28. The SMILES string of the molecule is CCCCCCC/C=C\C/C=C\C/C=C\CCCCCCCCCCCCCCCCC(=O)OC(COC(=O)CCCCCCCCCCCCCCCCCCCCCCCCCCCCCCCCCCCCCCCC)COP(=O)([O-])OCC[N+](C)(C)C. The Labute approximate surface area is 567 Å². The molecule has 0 radical (unpaired) electrons. The van der Waals surface area contributed by atoms with Crippen molar-refractivity contribution in [2.24, 2.45) is 0 Å². The lowest BCUT2D eigenvalue weighted by molar-refractivity contribution is -0.870. The zero-order valence-corrected chi connectivity index (χ0v) is 62.5. The van der Waals surface area contributed by atoms with Crippen LogP contribution in [0.4, 0.5) is 0 Å². The summed E-state index contributed by atoms with van der Waals surface area (Å²) < 4.78 is 34.4. The Balaban J connectivity index is 3.89. The predicted octanol–water partition coefficient (Wildman–Crippen LogP) is 25.9. The van der Waals surface area contributed by atoms with Crippen LogP contribution in [0, 0.1) is 0 Å².